The molecule has 1 unspecified atom stereocenters. The average Bonchev–Trinajstić information content (AvgIpc) is 3.41. The summed E-state index contributed by atoms with van der Waals surface area (Å²) in [5.74, 6) is -0.835. The van der Waals surface area contributed by atoms with Gasteiger partial charge in [0.2, 0.25) is 5.91 Å². The lowest BCUT2D eigenvalue weighted by atomic mass is 10.0. The van der Waals surface area contributed by atoms with Gasteiger partial charge in [-0.1, -0.05) is 30.3 Å². The lowest BCUT2D eigenvalue weighted by molar-refractivity contribution is -0.124. The van der Waals surface area contributed by atoms with Crippen LogP contribution in [0.5, 0.6) is 0 Å². The Balaban J connectivity index is 1.58. The monoisotopic (exact) mass is 450 g/mol. The van der Waals surface area contributed by atoms with Crippen LogP contribution in [0, 0.1) is 5.82 Å². The van der Waals surface area contributed by atoms with Crippen LogP contribution < -0.4 is 9.80 Å². The van der Waals surface area contributed by atoms with Gasteiger partial charge >= 0.3 is 0 Å². The molecule has 7 heteroatoms. The summed E-state index contributed by atoms with van der Waals surface area (Å²) in [7, 11) is 0. The number of carbonyl (C=O) groups is 2. The van der Waals surface area contributed by atoms with Crippen molar-refractivity contribution in [2.75, 3.05) is 23.0 Å². The Morgan fingerprint density at radius 2 is 1.91 bits per heavy atom. The number of carbonyl (C=O) groups excluding carboxylic acids is 2. The van der Waals surface area contributed by atoms with Crippen LogP contribution in [0.1, 0.15) is 29.3 Å². The fraction of sp³-hybridized carbons (Fsp3) is 0.280. The van der Waals surface area contributed by atoms with E-state index >= 15 is 0 Å². The van der Waals surface area contributed by atoms with Crippen molar-refractivity contribution in [3.8, 4) is 0 Å². The number of ether oxygens (including phenoxy) is 1. The molecule has 2 aliphatic rings. The van der Waals surface area contributed by atoms with E-state index in [1.807, 2.05) is 46.7 Å². The van der Waals surface area contributed by atoms with Gasteiger partial charge in [0.15, 0.2) is 0 Å². The number of fused-ring (bicyclic) bond motifs is 1. The third-order valence-corrected chi connectivity index (χ3v) is 6.91. The van der Waals surface area contributed by atoms with Crippen molar-refractivity contribution >= 4 is 34.5 Å². The quantitative estimate of drug-likeness (QED) is 0.565. The molecule has 0 saturated carbocycles. The van der Waals surface area contributed by atoms with E-state index < -0.39 is 11.9 Å². The van der Waals surface area contributed by atoms with Gasteiger partial charge in [-0.3, -0.25) is 14.5 Å². The van der Waals surface area contributed by atoms with Gasteiger partial charge in [0.1, 0.15) is 11.9 Å². The lowest BCUT2D eigenvalue weighted by Crippen LogP contribution is -2.46. The summed E-state index contributed by atoms with van der Waals surface area (Å²) in [5, 5.41) is 1.91. The Hall–Kier alpha value is -3.03. The van der Waals surface area contributed by atoms with E-state index in [0.29, 0.717) is 18.9 Å². The number of para-hydroxylation sites is 1. The highest BCUT2D eigenvalue weighted by atomic mass is 32.1. The summed E-state index contributed by atoms with van der Waals surface area (Å²) in [6.07, 6.45) is 1.64. The van der Waals surface area contributed by atoms with Gasteiger partial charge in [-0.15, -0.1) is 11.3 Å². The SMILES string of the molecule is O=C1C(N(C(=O)Cc2cccs2)c2cccc(F)c2)c2ccccc2N1C1CCOCC1. The van der Waals surface area contributed by atoms with E-state index in [9.17, 15) is 14.0 Å². The fourth-order valence-electron chi connectivity index (χ4n) is 4.60. The van der Waals surface area contributed by atoms with Crippen molar-refractivity contribution in [2.45, 2.75) is 31.3 Å². The molecule has 0 bridgehead atoms. The molecule has 3 heterocycles. The summed E-state index contributed by atoms with van der Waals surface area (Å²) in [5.41, 5.74) is 1.97. The number of halogens is 1. The van der Waals surface area contributed by atoms with Crippen LogP contribution in [-0.4, -0.2) is 31.1 Å². The highest BCUT2D eigenvalue weighted by molar-refractivity contribution is 7.10. The number of anilines is 2. The lowest BCUT2D eigenvalue weighted by Gasteiger charge is -2.33. The molecule has 2 aromatic carbocycles. The van der Waals surface area contributed by atoms with Gasteiger partial charge in [0.25, 0.3) is 5.91 Å². The zero-order valence-electron chi connectivity index (χ0n) is 17.4. The number of amides is 2. The normalized spacial score (nSPS) is 18.6. The van der Waals surface area contributed by atoms with Crippen LogP contribution >= 0.6 is 11.3 Å². The molecule has 0 N–H and O–H groups in total. The van der Waals surface area contributed by atoms with Crippen LogP contribution in [-0.2, 0) is 20.7 Å². The van der Waals surface area contributed by atoms with Gasteiger partial charge in [-0.2, -0.15) is 0 Å². The topological polar surface area (TPSA) is 49.9 Å². The Kier molecular flexibility index (Phi) is 5.76. The smallest absolute Gasteiger partial charge is 0.255 e. The molecular weight excluding hydrogens is 427 g/mol. The standard InChI is InChI=1S/C25H23FN2O3S/c26-17-5-3-6-19(15-17)28(23(29)16-20-7-4-14-32-20)24-21-8-1-2-9-22(21)27(25(24)30)18-10-12-31-13-11-18/h1-9,14-15,18,24H,10-13,16H2. The van der Waals surface area contributed by atoms with Gasteiger partial charge in [-0.25, -0.2) is 4.39 Å². The van der Waals surface area contributed by atoms with Crippen molar-refractivity contribution < 1.29 is 18.7 Å². The number of hydrogen-bond donors (Lipinski definition) is 0. The summed E-state index contributed by atoms with van der Waals surface area (Å²) in [6.45, 7) is 1.21. The molecule has 1 saturated heterocycles. The number of rotatable bonds is 5. The van der Waals surface area contributed by atoms with E-state index in [1.54, 1.807) is 12.1 Å². The van der Waals surface area contributed by atoms with Crippen LogP contribution in [0.2, 0.25) is 0 Å². The molecule has 0 spiro atoms. The number of hydrogen-bond acceptors (Lipinski definition) is 4. The number of thiophene rings is 1. The van der Waals surface area contributed by atoms with Crippen molar-refractivity contribution in [3.05, 3.63) is 82.3 Å². The van der Waals surface area contributed by atoms with E-state index in [2.05, 4.69) is 0 Å². The van der Waals surface area contributed by atoms with Crippen molar-refractivity contribution in [1.29, 1.82) is 0 Å². The fourth-order valence-corrected chi connectivity index (χ4v) is 5.30. The minimum absolute atomic E-state index is 0.0177. The van der Waals surface area contributed by atoms with Crippen LogP contribution in [0.15, 0.2) is 66.0 Å². The maximum Gasteiger partial charge on any atom is 0.255 e. The molecule has 0 aliphatic carbocycles. The third-order valence-electron chi connectivity index (χ3n) is 6.04. The second-order valence-electron chi connectivity index (χ2n) is 8.01. The second kappa shape index (κ2) is 8.84. The zero-order valence-corrected chi connectivity index (χ0v) is 18.3. The Morgan fingerprint density at radius 1 is 1.09 bits per heavy atom. The summed E-state index contributed by atoms with van der Waals surface area (Å²) >= 11 is 1.49. The van der Waals surface area contributed by atoms with E-state index in [4.69, 9.17) is 4.74 Å². The van der Waals surface area contributed by atoms with Gasteiger partial charge in [-0.05, 0) is 48.6 Å². The molecule has 3 aromatic rings. The first-order valence-corrected chi connectivity index (χ1v) is 11.6. The predicted octanol–water partition coefficient (Wildman–Crippen LogP) is 4.73. The van der Waals surface area contributed by atoms with Gasteiger partial charge in [0.05, 0.1) is 6.42 Å². The molecule has 0 radical (unpaired) electrons. The maximum atomic E-state index is 14.2. The molecule has 164 valence electrons. The molecule has 1 fully saturated rings. The third kappa shape index (κ3) is 3.82. The predicted molar refractivity (Wildman–Crippen MR) is 122 cm³/mol. The summed E-state index contributed by atoms with van der Waals surface area (Å²) in [4.78, 5) is 31.6. The molecule has 32 heavy (non-hydrogen) atoms. The Labute approximate surface area is 190 Å². The molecule has 1 aromatic heterocycles. The number of benzene rings is 2. The van der Waals surface area contributed by atoms with Gasteiger partial charge < -0.3 is 9.64 Å². The average molecular weight is 451 g/mol. The van der Waals surface area contributed by atoms with Crippen LogP contribution in [0.4, 0.5) is 15.8 Å². The molecule has 5 nitrogen and oxygen atoms in total. The second-order valence-corrected chi connectivity index (χ2v) is 9.05. The first-order valence-electron chi connectivity index (χ1n) is 10.7. The van der Waals surface area contributed by atoms with Crippen LogP contribution in [0.3, 0.4) is 0 Å². The minimum Gasteiger partial charge on any atom is -0.381 e. The molecule has 5 rings (SSSR count). The summed E-state index contributed by atoms with van der Waals surface area (Å²) < 4.78 is 19.7. The van der Waals surface area contributed by atoms with Crippen molar-refractivity contribution in [1.82, 2.24) is 0 Å². The minimum atomic E-state index is -0.830. The van der Waals surface area contributed by atoms with E-state index in [1.165, 1.54) is 28.4 Å². The van der Waals surface area contributed by atoms with Gasteiger partial charge in [0, 0.05) is 41.1 Å². The maximum absolute atomic E-state index is 14.2. The van der Waals surface area contributed by atoms with E-state index in [-0.39, 0.29) is 24.3 Å². The molecular formula is C25H23FN2O3S. The Morgan fingerprint density at radius 3 is 2.66 bits per heavy atom. The van der Waals surface area contributed by atoms with Crippen LogP contribution in [0.25, 0.3) is 0 Å². The highest BCUT2D eigenvalue weighted by Gasteiger charge is 2.45. The van der Waals surface area contributed by atoms with E-state index in [0.717, 1.165) is 29.0 Å². The number of nitrogens with zero attached hydrogens (tertiary/aromatic N) is 2. The van der Waals surface area contributed by atoms with Crippen molar-refractivity contribution in [2.24, 2.45) is 0 Å². The largest absolute Gasteiger partial charge is 0.381 e. The summed E-state index contributed by atoms with van der Waals surface area (Å²) in [6, 6.07) is 16.5. The molecule has 2 amide bonds. The first kappa shape index (κ1) is 20.8. The molecule has 2 aliphatic heterocycles. The molecule has 1 atom stereocenters. The van der Waals surface area contributed by atoms with Crippen molar-refractivity contribution in [3.63, 3.8) is 0 Å². The first-order chi connectivity index (χ1) is 15.6. The Bertz CT molecular complexity index is 1130. The zero-order chi connectivity index (χ0) is 22.1. The highest BCUT2D eigenvalue weighted by Crippen LogP contribution is 2.43.